The van der Waals surface area contributed by atoms with Crippen LogP contribution in [0.5, 0.6) is 0 Å². The number of amides is 1. The Morgan fingerprint density at radius 3 is 2.83 bits per heavy atom. The lowest BCUT2D eigenvalue weighted by molar-refractivity contribution is -0.128. The highest BCUT2D eigenvalue weighted by molar-refractivity contribution is 7.09. The van der Waals surface area contributed by atoms with E-state index in [0.717, 1.165) is 17.5 Å². The first kappa shape index (κ1) is 10.7. The number of carbonyl (C=O) groups is 1. The molecule has 0 bridgehead atoms. The van der Waals surface area contributed by atoms with E-state index in [1.807, 2.05) is 4.90 Å². The first-order valence-electron chi connectivity index (χ1n) is 6.69. The molecule has 4 rings (SSSR count). The van der Waals surface area contributed by atoms with Crippen molar-refractivity contribution >= 4 is 22.6 Å². The fraction of sp³-hybridized carbons (Fsp3) is 0.750. The molecule has 6 heteroatoms. The van der Waals surface area contributed by atoms with Crippen LogP contribution in [-0.4, -0.2) is 38.8 Å². The zero-order chi connectivity index (χ0) is 12.1. The van der Waals surface area contributed by atoms with Crippen molar-refractivity contribution in [2.75, 3.05) is 11.9 Å². The van der Waals surface area contributed by atoms with Gasteiger partial charge in [0, 0.05) is 36.5 Å². The molecule has 1 amide bonds. The number of likely N-dealkylation sites (tertiary alicyclic amines) is 1. The highest BCUT2D eigenvalue weighted by atomic mass is 32.1. The normalized spacial score (nSPS) is 27.9. The molecule has 1 aromatic rings. The molecule has 96 valence electrons. The lowest BCUT2D eigenvalue weighted by atomic mass is 10.3. The summed E-state index contributed by atoms with van der Waals surface area (Å²) in [5.74, 6) is 1.89. The van der Waals surface area contributed by atoms with Gasteiger partial charge in [-0.1, -0.05) is 0 Å². The minimum absolute atomic E-state index is 0.220. The highest BCUT2D eigenvalue weighted by Crippen LogP contribution is 2.39. The number of nitrogens with zero attached hydrogens (tertiary/aromatic N) is 3. The van der Waals surface area contributed by atoms with Crippen molar-refractivity contribution in [1.29, 1.82) is 0 Å². The maximum absolute atomic E-state index is 11.8. The Morgan fingerprint density at radius 2 is 2.11 bits per heavy atom. The van der Waals surface area contributed by atoms with Crippen molar-refractivity contribution in [2.45, 2.75) is 50.1 Å². The number of rotatable bonds is 4. The molecule has 1 atom stereocenters. The molecule has 0 aromatic carbocycles. The lowest BCUT2D eigenvalue weighted by Crippen LogP contribution is -2.29. The van der Waals surface area contributed by atoms with Crippen molar-refractivity contribution in [3.8, 4) is 0 Å². The Balaban J connectivity index is 1.40. The number of hydrogen-bond donors (Lipinski definition) is 1. The molecule has 1 aromatic heterocycles. The van der Waals surface area contributed by atoms with Gasteiger partial charge in [-0.15, -0.1) is 0 Å². The molecular weight excluding hydrogens is 248 g/mol. The topological polar surface area (TPSA) is 58.1 Å². The summed E-state index contributed by atoms with van der Waals surface area (Å²) in [7, 11) is 0. The smallest absolute Gasteiger partial charge is 0.225 e. The van der Waals surface area contributed by atoms with E-state index in [0.29, 0.717) is 24.3 Å². The molecular formula is C12H16N4OS. The molecule has 3 aliphatic rings. The van der Waals surface area contributed by atoms with Gasteiger partial charge in [-0.25, -0.2) is 4.98 Å². The van der Waals surface area contributed by atoms with Crippen LogP contribution < -0.4 is 5.32 Å². The van der Waals surface area contributed by atoms with Crippen LogP contribution in [0.1, 0.15) is 43.8 Å². The van der Waals surface area contributed by atoms with Crippen LogP contribution in [0.4, 0.5) is 5.13 Å². The SMILES string of the molecule is O=C1C[C@@H](Nc2nc(C3CC3)ns2)CN1C1CC1. The Morgan fingerprint density at radius 1 is 1.28 bits per heavy atom. The van der Waals surface area contributed by atoms with Gasteiger partial charge in [0.1, 0.15) is 5.82 Å². The summed E-state index contributed by atoms with van der Waals surface area (Å²) in [6, 6.07) is 0.749. The van der Waals surface area contributed by atoms with Crippen molar-refractivity contribution < 1.29 is 4.79 Å². The molecule has 2 aliphatic carbocycles. The van der Waals surface area contributed by atoms with E-state index in [1.165, 1.54) is 37.2 Å². The summed E-state index contributed by atoms with van der Waals surface area (Å²) in [4.78, 5) is 18.4. The maximum Gasteiger partial charge on any atom is 0.225 e. The van der Waals surface area contributed by atoms with Crippen molar-refractivity contribution in [2.24, 2.45) is 0 Å². The molecule has 5 nitrogen and oxygen atoms in total. The zero-order valence-corrected chi connectivity index (χ0v) is 10.9. The molecule has 3 fully saturated rings. The van der Waals surface area contributed by atoms with Crippen LogP contribution in [0, 0.1) is 0 Å². The van der Waals surface area contributed by atoms with E-state index in [-0.39, 0.29) is 6.04 Å². The predicted molar refractivity (Wildman–Crippen MR) is 68.6 cm³/mol. The molecule has 2 saturated carbocycles. The lowest BCUT2D eigenvalue weighted by Gasteiger charge is -2.15. The van der Waals surface area contributed by atoms with Gasteiger partial charge in [0.25, 0.3) is 0 Å². The molecule has 1 saturated heterocycles. The van der Waals surface area contributed by atoms with Gasteiger partial charge in [0.15, 0.2) is 0 Å². The van der Waals surface area contributed by atoms with Crippen LogP contribution in [-0.2, 0) is 4.79 Å². The molecule has 18 heavy (non-hydrogen) atoms. The summed E-state index contributed by atoms with van der Waals surface area (Å²) in [5.41, 5.74) is 0. The monoisotopic (exact) mass is 264 g/mol. The van der Waals surface area contributed by atoms with Crippen LogP contribution in [0.3, 0.4) is 0 Å². The quantitative estimate of drug-likeness (QED) is 0.897. The average Bonchev–Trinajstić information content (AvgIpc) is 3.27. The third-order valence-corrected chi connectivity index (χ3v) is 4.52. The summed E-state index contributed by atoms with van der Waals surface area (Å²) in [6.07, 6.45) is 5.43. The minimum atomic E-state index is 0.220. The van der Waals surface area contributed by atoms with Crippen molar-refractivity contribution in [3.05, 3.63) is 5.82 Å². The van der Waals surface area contributed by atoms with Gasteiger partial charge in [-0.3, -0.25) is 4.79 Å². The van der Waals surface area contributed by atoms with Crippen LogP contribution in [0.25, 0.3) is 0 Å². The summed E-state index contributed by atoms with van der Waals surface area (Å²) in [5, 5.41) is 4.25. The zero-order valence-electron chi connectivity index (χ0n) is 10.1. The number of nitrogens with one attached hydrogen (secondary N) is 1. The van der Waals surface area contributed by atoms with Gasteiger partial charge >= 0.3 is 0 Å². The van der Waals surface area contributed by atoms with E-state index in [2.05, 4.69) is 14.7 Å². The fourth-order valence-corrected chi connectivity index (χ4v) is 3.27. The number of aromatic nitrogens is 2. The molecule has 1 aliphatic heterocycles. The van der Waals surface area contributed by atoms with E-state index < -0.39 is 0 Å². The van der Waals surface area contributed by atoms with E-state index in [1.54, 1.807) is 0 Å². The van der Waals surface area contributed by atoms with Gasteiger partial charge in [-0.2, -0.15) is 4.37 Å². The summed E-state index contributed by atoms with van der Waals surface area (Å²) in [6.45, 7) is 0.835. The Labute approximate surface area is 110 Å². The van der Waals surface area contributed by atoms with E-state index in [9.17, 15) is 4.79 Å². The fourth-order valence-electron chi connectivity index (χ4n) is 2.54. The van der Waals surface area contributed by atoms with Gasteiger partial charge in [0.2, 0.25) is 11.0 Å². The second-order valence-electron chi connectivity index (χ2n) is 5.55. The van der Waals surface area contributed by atoms with Crippen LogP contribution in [0.2, 0.25) is 0 Å². The first-order valence-corrected chi connectivity index (χ1v) is 7.46. The van der Waals surface area contributed by atoms with Gasteiger partial charge < -0.3 is 10.2 Å². The highest BCUT2D eigenvalue weighted by Gasteiger charge is 2.39. The Bertz CT molecular complexity index is 480. The van der Waals surface area contributed by atoms with Crippen LogP contribution in [0.15, 0.2) is 0 Å². The van der Waals surface area contributed by atoms with Gasteiger partial charge in [0.05, 0.1) is 6.04 Å². The standard InChI is InChI=1S/C12H16N4OS/c17-10-5-8(6-16(10)9-3-4-9)13-12-14-11(15-18-12)7-1-2-7/h7-9H,1-6H2,(H,13,14,15)/t8-/m1/s1. The molecule has 1 N–H and O–H groups in total. The van der Waals surface area contributed by atoms with Crippen LogP contribution >= 0.6 is 11.5 Å². The van der Waals surface area contributed by atoms with Gasteiger partial charge in [-0.05, 0) is 25.7 Å². The average molecular weight is 264 g/mol. The second-order valence-corrected chi connectivity index (χ2v) is 6.31. The third-order valence-electron chi connectivity index (χ3n) is 3.86. The van der Waals surface area contributed by atoms with E-state index >= 15 is 0 Å². The molecule has 0 unspecified atom stereocenters. The molecule has 0 radical (unpaired) electrons. The van der Waals surface area contributed by atoms with Crippen molar-refractivity contribution in [1.82, 2.24) is 14.3 Å². The number of hydrogen-bond acceptors (Lipinski definition) is 5. The number of carbonyl (C=O) groups excluding carboxylic acids is 1. The molecule has 2 heterocycles. The van der Waals surface area contributed by atoms with E-state index in [4.69, 9.17) is 0 Å². The largest absolute Gasteiger partial charge is 0.355 e. The first-order chi connectivity index (χ1) is 8.79. The maximum atomic E-state index is 11.8. The predicted octanol–water partition coefficient (Wildman–Crippen LogP) is 1.59. The minimum Gasteiger partial charge on any atom is -0.355 e. The summed E-state index contributed by atoms with van der Waals surface area (Å²) < 4.78 is 4.38. The second kappa shape index (κ2) is 3.91. The Hall–Kier alpha value is -1.17. The third kappa shape index (κ3) is 1.98. The number of anilines is 1. The van der Waals surface area contributed by atoms with Crippen molar-refractivity contribution in [3.63, 3.8) is 0 Å². The Kier molecular flexibility index (Phi) is 2.33. The molecule has 0 spiro atoms. The summed E-state index contributed by atoms with van der Waals surface area (Å²) >= 11 is 1.43.